The molecule has 8 atom stereocenters. The summed E-state index contributed by atoms with van der Waals surface area (Å²) < 4.78 is 0. The minimum absolute atomic E-state index is 0.0369. The third-order valence-corrected chi connectivity index (χ3v) is 11.8. The molecular formula is C36H46O. The summed E-state index contributed by atoms with van der Waals surface area (Å²) in [6, 6.07) is 21.9. The molecule has 4 aliphatic rings. The molecule has 0 aliphatic heterocycles. The van der Waals surface area contributed by atoms with E-state index in [1.54, 1.807) is 5.57 Å². The summed E-state index contributed by atoms with van der Waals surface area (Å²) in [7, 11) is 0. The van der Waals surface area contributed by atoms with Gasteiger partial charge in [0.2, 0.25) is 0 Å². The third-order valence-electron chi connectivity index (χ3n) is 11.8. The van der Waals surface area contributed by atoms with Gasteiger partial charge in [0, 0.05) is 5.41 Å². The Hall–Kier alpha value is -2.12. The molecule has 4 aliphatic carbocycles. The van der Waals surface area contributed by atoms with Crippen LogP contribution in [0.4, 0.5) is 0 Å². The van der Waals surface area contributed by atoms with Crippen LogP contribution in [-0.4, -0.2) is 11.2 Å². The van der Waals surface area contributed by atoms with Crippen molar-refractivity contribution in [1.82, 2.24) is 0 Å². The van der Waals surface area contributed by atoms with E-state index < -0.39 is 0 Å². The second-order valence-corrected chi connectivity index (χ2v) is 13.3. The van der Waals surface area contributed by atoms with E-state index in [2.05, 4.69) is 93.6 Å². The van der Waals surface area contributed by atoms with Crippen LogP contribution in [0.15, 0.2) is 78.4 Å². The van der Waals surface area contributed by atoms with Gasteiger partial charge in [0.05, 0.1) is 6.10 Å². The lowest BCUT2D eigenvalue weighted by molar-refractivity contribution is -0.0926. The Balaban J connectivity index is 1.24. The first-order valence-corrected chi connectivity index (χ1v) is 15.1. The van der Waals surface area contributed by atoms with Crippen LogP contribution < -0.4 is 0 Å². The van der Waals surface area contributed by atoms with E-state index in [9.17, 15) is 5.11 Å². The summed E-state index contributed by atoms with van der Waals surface area (Å²) in [5.74, 6) is 3.72. The van der Waals surface area contributed by atoms with Gasteiger partial charge in [0.1, 0.15) is 0 Å². The summed E-state index contributed by atoms with van der Waals surface area (Å²) in [6.07, 6.45) is 16.2. The molecule has 37 heavy (non-hydrogen) atoms. The molecule has 0 radical (unpaired) electrons. The first-order valence-electron chi connectivity index (χ1n) is 15.1. The van der Waals surface area contributed by atoms with Crippen molar-refractivity contribution in [1.29, 1.82) is 0 Å². The number of benzene rings is 2. The molecule has 0 heterocycles. The lowest BCUT2D eigenvalue weighted by Crippen LogP contribution is -2.54. The number of hydrogen-bond donors (Lipinski definition) is 1. The maximum Gasteiger partial charge on any atom is 0.0633 e. The molecular weight excluding hydrogens is 448 g/mol. The van der Waals surface area contributed by atoms with E-state index in [1.807, 2.05) is 0 Å². The monoisotopic (exact) mass is 494 g/mol. The zero-order valence-corrected chi connectivity index (χ0v) is 23.2. The van der Waals surface area contributed by atoms with Crippen molar-refractivity contribution >= 4 is 5.57 Å². The van der Waals surface area contributed by atoms with Crippen molar-refractivity contribution in [2.75, 3.05) is 0 Å². The summed E-state index contributed by atoms with van der Waals surface area (Å²) in [5.41, 5.74) is 6.09. The number of fused-ring (bicyclic) bond motifs is 5. The number of rotatable bonds is 5. The molecule has 0 amide bonds. The number of hydrogen-bond acceptors (Lipinski definition) is 1. The molecule has 3 fully saturated rings. The van der Waals surface area contributed by atoms with Crippen LogP contribution in [0.2, 0.25) is 0 Å². The fourth-order valence-corrected chi connectivity index (χ4v) is 9.80. The van der Waals surface area contributed by atoms with Gasteiger partial charge in [-0.3, -0.25) is 0 Å². The Morgan fingerprint density at radius 3 is 2.27 bits per heavy atom. The molecule has 0 spiro atoms. The number of allylic oxidation sites excluding steroid dienone is 2. The predicted octanol–water partition coefficient (Wildman–Crippen LogP) is 9.08. The Kier molecular flexibility index (Phi) is 6.72. The summed E-state index contributed by atoms with van der Waals surface area (Å²) >= 11 is 0. The van der Waals surface area contributed by atoms with E-state index in [-0.39, 0.29) is 11.5 Å². The summed E-state index contributed by atoms with van der Waals surface area (Å²) in [4.78, 5) is 0. The Bertz CT molecular complexity index is 1100. The predicted molar refractivity (Wildman–Crippen MR) is 155 cm³/mol. The first kappa shape index (κ1) is 25.2. The van der Waals surface area contributed by atoms with Crippen molar-refractivity contribution in [2.45, 2.75) is 84.7 Å². The fraction of sp³-hybridized carbons (Fsp3) is 0.556. The van der Waals surface area contributed by atoms with E-state index in [0.717, 1.165) is 30.6 Å². The van der Waals surface area contributed by atoms with Gasteiger partial charge in [0.15, 0.2) is 0 Å². The molecule has 2 aromatic carbocycles. The SMILES string of the molecule is CC(CC=C(c1ccccc1)c1ccccc1)C1CCC2C3CC=C4CCCC(O)C4(C)C3CCC12C. The minimum atomic E-state index is -0.139. The lowest BCUT2D eigenvalue weighted by atomic mass is 9.46. The van der Waals surface area contributed by atoms with Crippen molar-refractivity contribution in [2.24, 2.45) is 40.4 Å². The largest absolute Gasteiger partial charge is 0.392 e. The third kappa shape index (κ3) is 4.17. The molecule has 0 aromatic heterocycles. The molecule has 8 unspecified atom stereocenters. The molecule has 0 bridgehead atoms. The lowest BCUT2D eigenvalue weighted by Gasteiger charge is -2.59. The minimum Gasteiger partial charge on any atom is -0.392 e. The quantitative estimate of drug-likeness (QED) is 0.411. The van der Waals surface area contributed by atoms with Gasteiger partial charge in [-0.2, -0.15) is 0 Å². The van der Waals surface area contributed by atoms with Gasteiger partial charge in [-0.25, -0.2) is 0 Å². The highest BCUT2D eigenvalue weighted by molar-refractivity contribution is 5.79. The molecule has 196 valence electrons. The molecule has 1 N–H and O–H groups in total. The average Bonchev–Trinajstić information content (AvgIpc) is 3.28. The molecule has 1 nitrogen and oxygen atoms in total. The first-order chi connectivity index (χ1) is 17.9. The highest BCUT2D eigenvalue weighted by atomic mass is 16.3. The smallest absolute Gasteiger partial charge is 0.0633 e. The molecule has 6 rings (SSSR count). The van der Waals surface area contributed by atoms with Crippen LogP contribution in [0.5, 0.6) is 0 Å². The molecule has 1 heteroatoms. The van der Waals surface area contributed by atoms with Crippen molar-refractivity contribution < 1.29 is 5.11 Å². The zero-order chi connectivity index (χ0) is 25.6. The van der Waals surface area contributed by atoms with E-state index in [0.29, 0.717) is 17.3 Å². The zero-order valence-electron chi connectivity index (χ0n) is 23.2. The standard InChI is InChI=1S/C36H46O/c1-25(17-19-29(26-11-6-4-7-12-26)27-13-8-5-9-14-27)31-21-22-32-30-20-18-28-15-10-16-34(37)36(28,3)33(30)23-24-35(31,32)2/h4-9,11-14,18-19,25,30-34,37H,10,15-17,20-24H2,1-3H3. The fourth-order valence-electron chi connectivity index (χ4n) is 9.80. The number of aliphatic hydroxyl groups is 1. The molecule has 2 aromatic rings. The molecule has 0 saturated heterocycles. The van der Waals surface area contributed by atoms with Crippen LogP contribution in [0.25, 0.3) is 5.57 Å². The van der Waals surface area contributed by atoms with Gasteiger partial charge >= 0.3 is 0 Å². The summed E-state index contributed by atoms with van der Waals surface area (Å²) in [5, 5.41) is 11.2. The van der Waals surface area contributed by atoms with Gasteiger partial charge in [-0.15, -0.1) is 0 Å². The number of aliphatic hydroxyl groups excluding tert-OH is 1. The van der Waals surface area contributed by atoms with E-state index in [4.69, 9.17) is 0 Å². The Morgan fingerprint density at radius 2 is 1.59 bits per heavy atom. The average molecular weight is 495 g/mol. The van der Waals surface area contributed by atoms with E-state index in [1.165, 1.54) is 61.6 Å². The second-order valence-electron chi connectivity index (χ2n) is 13.3. The van der Waals surface area contributed by atoms with Crippen LogP contribution in [0.3, 0.4) is 0 Å². The van der Waals surface area contributed by atoms with Crippen LogP contribution in [-0.2, 0) is 0 Å². The van der Waals surface area contributed by atoms with Crippen molar-refractivity contribution in [3.63, 3.8) is 0 Å². The highest BCUT2D eigenvalue weighted by Crippen LogP contribution is 2.67. The van der Waals surface area contributed by atoms with Crippen LogP contribution >= 0.6 is 0 Å². The second kappa shape index (κ2) is 9.88. The Labute approximate surface area is 225 Å². The maximum absolute atomic E-state index is 11.2. The topological polar surface area (TPSA) is 20.2 Å². The maximum atomic E-state index is 11.2. The van der Waals surface area contributed by atoms with E-state index >= 15 is 0 Å². The highest BCUT2D eigenvalue weighted by Gasteiger charge is 2.60. The van der Waals surface area contributed by atoms with Gasteiger partial charge in [-0.1, -0.05) is 99.2 Å². The van der Waals surface area contributed by atoms with Gasteiger partial charge in [-0.05, 0) is 109 Å². The van der Waals surface area contributed by atoms with Gasteiger partial charge < -0.3 is 5.11 Å². The van der Waals surface area contributed by atoms with Crippen LogP contribution in [0, 0.1) is 40.4 Å². The Morgan fingerprint density at radius 1 is 0.919 bits per heavy atom. The summed E-state index contributed by atoms with van der Waals surface area (Å²) in [6.45, 7) is 7.61. The normalized spacial score (nSPS) is 37.5. The molecule has 3 saturated carbocycles. The van der Waals surface area contributed by atoms with Gasteiger partial charge in [0.25, 0.3) is 0 Å². The van der Waals surface area contributed by atoms with Crippen molar-refractivity contribution in [3.05, 3.63) is 89.5 Å². The van der Waals surface area contributed by atoms with Crippen LogP contribution in [0.1, 0.15) is 89.7 Å². The van der Waals surface area contributed by atoms with Crippen molar-refractivity contribution in [3.8, 4) is 0 Å².